The van der Waals surface area contributed by atoms with Crippen LogP contribution in [0.25, 0.3) is 0 Å². The van der Waals surface area contributed by atoms with Gasteiger partial charge in [0, 0.05) is 12.5 Å². The van der Waals surface area contributed by atoms with Crippen LogP contribution in [-0.4, -0.2) is 6.54 Å². The fraction of sp³-hybridized carbons (Fsp3) is 0.333. The van der Waals surface area contributed by atoms with Crippen LogP contribution in [0.4, 0.5) is 10.1 Å². The number of hydrogen-bond acceptors (Lipinski definition) is 1. The molecule has 1 nitrogen and oxygen atoms in total. The first kappa shape index (κ1) is 13.2. The maximum absolute atomic E-state index is 13.8. The van der Waals surface area contributed by atoms with Gasteiger partial charge in [-0.1, -0.05) is 36.4 Å². The smallest absolute Gasteiger partial charge is 0.146 e. The van der Waals surface area contributed by atoms with Crippen LogP contribution in [0.2, 0.25) is 0 Å². The molecule has 0 aromatic heterocycles. The standard InChI is InChI=1S/C18H20FN/c1-13-6-4-11-17(19)18(13)20-12-15-9-5-8-14-7-2-3-10-16(14)15/h2-4,6-7,10-11,15,20H,5,8-9,12H2,1H3. The zero-order chi connectivity index (χ0) is 13.9. The lowest BCUT2D eigenvalue weighted by Gasteiger charge is -2.26. The van der Waals surface area contributed by atoms with Gasteiger partial charge in [0.2, 0.25) is 0 Å². The average Bonchev–Trinajstić information content (AvgIpc) is 2.47. The Labute approximate surface area is 119 Å². The van der Waals surface area contributed by atoms with E-state index in [0.717, 1.165) is 12.1 Å². The Hall–Kier alpha value is -1.83. The van der Waals surface area contributed by atoms with Crippen molar-refractivity contribution < 1.29 is 4.39 Å². The fourth-order valence-corrected chi connectivity index (χ4v) is 3.15. The van der Waals surface area contributed by atoms with Gasteiger partial charge in [-0.15, -0.1) is 0 Å². The highest BCUT2D eigenvalue weighted by Gasteiger charge is 2.19. The minimum absolute atomic E-state index is 0.158. The third kappa shape index (κ3) is 2.55. The minimum atomic E-state index is -0.158. The Kier molecular flexibility index (Phi) is 3.72. The Morgan fingerprint density at radius 3 is 2.85 bits per heavy atom. The molecule has 2 heteroatoms. The maximum Gasteiger partial charge on any atom is 0.146 e. The average molecular weight is 269 g/mol. The number of nitrogens with one attached hydrogen (secondary N) is 1. The number of hydrogen-bond donors (Lipinski definition) is 1. The van der Waals surface area contributed by atoms with E-state index in [1.807, 2.05) is 13.0 Å². The van der Waals surface area contributed by atoms with Crippen LogP contribution < -0.4 is 5.32 Å². The molecule has 2 aromatic carbocycles. The van der Waals surface area contributed by atoms with E-state index >= 15 is 0 Å². The first-order valence-electron chi connectivity index (χ1n) is 7.32. The van der Waals surface area contributed by atoms with Gasteiger partial charge in [-0.25, -0.2) is 4.39 Å². The first-order chi connectivity index (χ1) is 9.75. The quantitative estimate of drug-likeness (QED) is 0.854. The largest absolute Gasteiger partial charge is 0.382 e. The third-order valence-corrected chi connectivity index (χ3v) is 4.24. The van der Waals surface area contributed by atoms with Crippen molar-refractivity contribution in [3.05, 3.63) is 65.0 Å². The predicted molar refractivity (Wildman–Crippen MR) is 81.7 cm³/mol. The monoisotopic (exact) mass is 269 g/mol. The first-order valence-corrected chi connectivity index (χ1v) is 7.32. The summed E-state index contributed by atoms with van der Waals surface area (Å²) in [6, 6.07) is 13.9. The molecular formula is C18H20FN. The molecule has 0 saturated carbocycles. The SMILES string of the molecule is Cc1cccc(F)c1NCC1CCCc2ccccc21. The second-order valence-corrected chi connectivity index (χ2v) is 5.60. The van der Waals surface area contributed by atoms with Gasteiger partial charge in [-0.3, -0.25) is 0 Å². The van der Waals surface area contributed by atoms with E-state index in [4.69, 9.17) is 0 Å². The molecule has 0 spiro atoms. The van der Waals surface area contributed by atoms with Gasteiger partial charge < -0.3 is 5.32 Å². The van der Waals surface area contributed by atoms with Crippen LogP contribution in [0.3, 0.4) is 0 Å². The molecule has 0 radical (unpaired) electrons. The lowest BCUT2D eigenvalue weighted by molar-refractivity contribution is 0.568. The van der Waals surface area contributed by atoms with E-state index in [-0.39, 0.29) is 5.82 Å². The summed E-state index contributed by atoms with van der Waals surface area (Å²) in [5, 5.41) is 3.32. The molecule has 0 saturated heterocycles. The zero-order valence-corrected chi connectivity index (χ0v) is 11.8. The van der Waals surface area contributed by atoms with Gasteiger partial charge in [-0.05, 0) is 48.9 Å². The summed E-state index contributed by atoms with van der Waals surface area (Å²) in [6.45, 7) is 2.75. The Morgan fingerprint density at radius 1 is 1.15 bits per heavy atom. The molecule has 0 heterocycles. The van der Waals surface area contributed by atoms with Crippen molar-refractivity contribution in [2.45, 2.75) is 32.1 Å². The van der Waals surface area contributed by atoms with Gasteiger partial charge in [-0.2, -0.15) is 0 Å². The lowest BCUT2D eigenvalue weighted by atomic mass is 9.83. The second-order valence-electron chi connectivity index (χ2n) is 5.60. The number of aryl methyl sites for hydroxylation is 2. The third-order valence-electron chi connectivity index (χ3n) is 4.24. The number of rotatable bonds is 3. The maximum atomic E-state index is 13.8. The molecule has 1 unspecified atom stereocenters. The zero-order valence-electron chi connectivity index (χ0n) is 11.8. The van der Waals surface area contributed by atoms with Crippen LogP contribution in [0.15, 0.2) is 42.5 Å². The van der Waals surface area contributed by atoms with Gasteiger partial charge >= 0.3 is 0 Å². The molecule has 2 aromatic rings. The van der Waals surface area contributed by atoms with E-state index in [2.05, 4.69) is 29.6 Å². The van der Waals surface area contributed by atoms with Crippen LogP contribution in [0.5, 0.6) is 0 Å². The van der Waals surface area contributed by atoms with Crippen LogP contribution in [-0.2, 0) is 6.42 Å². The summed E-state index contributed by atoms with van der Waals surface area (Å²) in [7, 11) is 0. The van der Waals surface area contributed by atoms with Crippen molar-refractivity contribution in [3.63, 3.8) is 0 Å². The molecule has 1 atom stereocenters. The molecule has 0 aliphatic heterocycles. The summed E-state index contributed by atoms with van der Waals surface area (Å²) < 4.78 is 13.8. The molecule has 104 valence electrons. The van der Waals surface area contributed by atoms with Crippen molar-refractivity contribution in [2.75, 3.05) is 11.9 Å². The van der Waals surface area contributed by atoms with E-state index in [9.17, 15) is 4.39 Å². The summed E-state index contributed by atoms with van der Waals surface area (Å²) in [5.74, 6) is 0.327. The summed E-state index contributed by atoms with van der Waals surface area (Å²) >= 11 is 0. The Balaban J connectivity index is 1.77. The van der Waals surface area contributed by atoms with Crippen LogP contribution >= 0.6 is 0 Å². The van der Waals surface area contributed by atoms with E-state index < -0.39 is 0 Å². The second kappa shape index (κ2) is 5.66. The molecule has 3 rings (SSSR count). The molecule has 0 amide bonds. The van der Waals surface area contributed by atoms with Crippen molar-refractivity contribution in [1.29, 1.82) is 0 Å². The number of fused-ring (bicyclic) bond motifs is 1. The van der Waals surface area contributed by atoms with Crippen molar-refractivity contribution >= 4 is 5.69 Å². The summed E-state index contributed by atoms with van der Waals surface area (Å²) in [4.78, 5) is 0. The summed E-state index contributed by atoms with van der Waals surface area (Å²) in [5.41, 5.74) is 4.50. The highest BCUT2D eigenvalue weighted by molar-refractivity contribution is 5.52. The van der Waals surface area contributed by atoms with Crippen LogP contribution in [0, 0.1) is 12.7 Å². The molecule has 0 fully saturated rings. The van der Waals surface area contributed by atoms with Gasteiger partial charge in [0.15, 0.2) is 0 Å². The molecule has 1 aliphatic rings. The van der Waals surface area contributed by atoms with E-state index in [1.165, 1.54) is 36.5 Å². The molecular weight excluding hydrogens is 249 g/mol. The van der Waals surface area contributed by atoms with Gasteiger partial charge in [0.1, 0.15) is 5.82 Å². The number of anilines is 1. The Bertz CT molecular complexity index is 586. The van der Waals surface area contributed by atoms with Crippen molar-refractivity contribution in [2.24, 2.45) is 0 Å². The lowest BCUT2D eigenvalue weighted by Crippen LogP contribution is -2.18. The topological polar surface area (TPSA) is 12.0 Å². The normalized spacial score (nSPS) is 17.6. The van der Waals surface area contributed by atoms with E-state index in [1.54, 1.807) is 6.07 Å². The highest BCUT2D eigenvalue weighted by atomic mass is 19.1. The fourth-order valence-electron chi connectivity index (χ4n) is 3.15. The van der Waals surface area contributed by atoms with E-state index in [0.29, 0.717) is 11.6 Å². The predicted octanol–water partition coefficient (Wildman–Crippen LogP) is 4.67. The number of benzene rings is 2. The van der Waals surface area contributed by atoms with Crippen molar-refractivity contribution in [1.82, 2.24) is 0 Å². The molecule has 0 bridgehead atoms. The molecule has 1 N–H and O–H groups in total. The van der Waals surface area contributed by atoms with Gasteiger partial charge in [0.05, 0.1) is 5.69 Å². The van der Waals surface area contributed by atoms with Crippen molar-refractivity contribution in [3.8, 4) is 0 Å². The minimum Gasteiger partial charge on any atom is -0.382 e. The highest BCUT2D eigenvalue weighted by Crippen LogP contribution is 2.32. The Morgan fingerprint density at radius 2 is 2.00 bits per heavy atom. The molecule has 1 aliphatic carbocycles. The summed E-state index contributed by atoms with van der Waals surface area (Å²) in [6.07, 6.45) is 3.57. The van der Waals surface area contributed by atoms with Crippen LogP contribution in [0.1, 0.15) is 35.4 Å². The molecule has 20 heavy (non-hydrogen) atoms. The van der Waals surface area contributed by atoms with Gasteiger partial charge in [0.25, 0.3) is 0 Å². The number of para-hydroxylation sites is 1. The number of halogens is 1.